The molecule has 7 nitrogen and oxygen atoms in total. The first-order valence-corrected chi connectivity index (χ1v) is 6.09. The van der Waals surface area contributed by atoms with Crippen molar-refractivity contribution in [3.05, 3.63) is 33.9 Å². The number of carboxylic acid groups (broad SMARTS) is 1. The van der Waals surface area contributed by atoms with Gasteiger partial charge >= 0.3 is 5.97 Å². The lowest BCUT2D eigenvalue weighted by atomic mass is 10.0. The van der Waals surface area contributed by atoms with Gasteiger partial charge in [0.05, 0.1) is 10.5 Å². The van der Waals surface area contributed by atoms with Crippen molar-refractivity contribution in [2.24, 2.45) is 0 Å². The highest BCUT2D eigenvalue weighted by atomic mass is 16.6. The molecule has 0 aromatic heterocycles. The van der Waals surface area contributed by atoms with Crippen LogP contribution in [0.25, 0.3) is 0 Å². The van der Waals surface area contributed by atoms with E-state index in [-0.39, 0.29) is 22.5 Å². The van der Waals surface area contributed by atoms with Gasteiger partial charge in [-0.25, -0.2) is 4.79 Å². The van der Waals surface area contributed by atoms with Crippen molar-refractivity contribution in [1.29, 1.82) is 0 Å². The van der Waals surface area contributed by atoms with Gasteiger partial charge in [-0.2, -0.15) is 0 Å². The summed E-state index contributed by atoms with van der Waals surface area (Å²) in [6.07, 6.45) is 0. The van der Waals surface area contributed by atoms with Gasteiger partial charge in [-0.15, -0.1) is 0 Å². The summed E-state index contributed by atoms with van der Waals surface area (Å²) < 4.78 is 0. The summed E-state index contributed by atoms with van der Waals surface area (Å²) in [5.41, 5.74) is -0.576. The number of likely N-dealkylation sites (N-methyl/N-ethyl adjacent to an activating group) is 1. The lowest BCUT2D eigenvalue weighted by molar-refractivity contribution is -0.384. The van der Waals surface area contributed by atoms with E-state index in [1.165, 1.54) is 18.2 Å². The molecule has 1 rings (SSSR count). The van der Waals surface area contributed by atoms with Gasteiger partial charge in [0.25, 0.3) is 5.69 Å². The Morgan fingerprint density at radius 1 is 1.45 bits per heavy atom. The Kier molecular flexibility index (Phi) is 4.67. The van der Waals surface area contributed by atoms with Gasteiger partial charge in [0.1, 0.15) is 5.69 Å². The number of carbonyl (C=O) groups is 1. The molecule has 110 valence electrons. The molecule has 1 aromatic rings. The second-order valence-electron chi connectivity index (χ2n) is 5.32. The third kappa shape index (κ3) is 3.45. The summed E-state index contributed by atoms with van der Waals surface area (Å²) >= 11 is 0. The van der Waals surface area contributed by atoms with Crippen LogP contribution in [0.3, 0.4) is 0 Å². The summed E-state index contributed by atoms with van der Waals surface area (Å²) in [5.74, 6) is -1.20. The van der Waals surface area contributed by atoms with Crippen LogP contribution in [0.4, 0.5) is 11.4 Å². The van der Waals surface area contributed by atoms with Crippen molar-refractivity contribution in [3.8, 4) is 0 Å². The Morgan fingerprint density at radius 3 is 2.50 bits per heavy atom. The second kappa shape index (κ2) is 5.87. The zero-order chi connectivity index (χ0) is 15.5. The minimum atomic E-state index is -1.20. The van der Waals surface area contributed by atoms with Crippen LogP contribution >= 0.6 is 0 Å². The maximum Gasteiger partial charge on any atom is 0.338 e. The van der Waals surface area contributed by atoms with Crippen molar-refractivity contribution in [2.45, 2.75) is 19.4 Å². The first-order chi connectivity index (χ1) is 9.16. The topological polar surface area (TPSA) is 95.7 Å². The number of nitro groups is 1. The number of nitrogens with one attached hydrogen (secondary N) is 1. The zero-order valence-electron chi connectivity index (χ0n) is 12.0. The summed E-state index contributed by atoms with van der Waals surface area (Å²) in [4.78, 5) is 23.6. The number of nitrogens with zero attached hydrogens (tertiary/aromatic N) is 2. The molecule has 0 saturated carbocycles. The van der Waals surface area contributed by atoms with Crippen LogP contribution in [0.5, 0.6) is 0 Å². The van der Waals surface area contributed by atoms with Crippen molar-refractivity contribution in [2.75, 3.05) is 26.0 Å². The lowest BCUT2D eigenvalue weighted by Gasteiger charge is -2.33. The van der Waals surface area contributed by atoms with E-state index < -0.39 is 10.9 Å². The Bertz CT molecular complexity index is 494. The summed E-state index contributed by atoms with van der Waals surface area (Å²) in [6.45, 7) is 4.29. The fraction of sp³-hybridized carbons (Fsp3) is 0.462. The predicted octanol–water partition coefficient (Wildman–Crippen LogP) is 2.05. The summed E-state index contributed by atoms with van der Waals surface area (Å²) in [5, 5.41) is 23.1. The Labute approximate surface area is 117 Å². The molecular weight excluding hydrogens is 262 g/mol. The van der Waals surface area contributed by atoms with E-state index in [4.69, 9.17) is 5.11 Å². The highest BCUT2D eigenvalue weighted by Crippen LogP contribution is 2.29. The Morgan fingerprint density at radius 2 is 2.05 bits per heavy atom. The van der Waals surface area contributed by atoms with Gasteiger partial charge in [-0.3, -0.25) is 10.1 Å². The molecule has 1 aromatic carbocycles. The number of hydrogen-bond acceptors (Lipinski definition) is 5. The van der Waals surface area contributed by atoms with Gasteiger partial charge in [0, 0.05) is 18.2 Å². The fourth-order valence-electron chi connectivity index (χ4n) is 1.52. The van der Waals surface area contributed by atoms with Crippen molar-refractivity contribution in [3.63, 3.8) is 0 Å². The molecule has 0 aliphatic rings. The number of carboxylic acids is 1. The molecule has 20 heavy (non-hydrogen) atoms. The van der Waals surface area contributed by atoms with Gasteiger partial charge in [0.2, 0.25) is 0 Å². The first-order valence-electron chi connectivity index (χ1n) is 6.09. The minimum Gasteiger partial charge on any atom is -0.478 e. The number of hydrogen-bond donors (Lipinski definition) is 2. The van der Waals surface area contributed by atoms with E-state index in [9.17, 15) is 14.9 Å². The predicted molar refractivity (Wildman–Crippen MR) is 76.3 cm³/mol. The molecule has 0 aliphatic heterocycles. The van der Waals surface area contributed by atoms with Gasteiger partial charge < -0.3 is 15.3 Å². The van der Waals surface area contributed by atoms with Crippen molar-refractivity contribution >= 4 is 17.3 Å². The van der Waals surface area contributed by atoms with E-state index in [1.54, 1.807) is 0 Å². The maximum absolute atomic E-state index is 11.2. The van der Waals surface area contributed by atoms with Gasteiger partial charge in [-0.1, -0.05) is 6.07 Å². The average Bonchev–Trinajstić information content (AvgIpc) is 2.35. The largest absolute Gasteiger partial charge is 0.478 e. The van der Waals surface area contributed by atoms with Crippen LogP contribution in [0.1, 0.15) is 24.2 Å². The molecule has 0 aliphatic carbocycles. The van der Waals surface area contributed by atoms with E-state index in [0.717, 1.165) is 0 Å². The molecule has 0 fully saturated rings. The second-order valence-corrected chi connectivity index (χ2v) is 5.32. The van der Waals surface area contributed by atoms with Crippen LogP contribution < -0.4 is 5.32 Å². The van der Waals surface area contributed by atoms with Crippen LogP contribution in [0, 0.1) is 10.1 Å². The van der Waals surface area contributed by atoms with Gasteiger partial charge in [-0.05, 0) is 34.0 Å². The van der Waals surface area contributed by atoms with Crippen molar-refractivity contribution < 1.29 is 14.8 Å². The number of rotatable bonds is 6. The molecule has 0 radical (unpaired) electrons. The van der Waals surface area contributed by atoms with E-state index in [1.807, 2.05) is 32.8 Å². The summed E-state index contributed by atoms with van der Waals surface area (Å²) in [6, 6.07) is 4.00. The molecular formula is C13H19N3O4. The third-order valence-electron chi connectivity index (χ3n) is 3.38. The Balaban J connectivity index is 3.15. The van der Waals surface area contributed by atoms with Gasteiger partial charge in [0.15, 0.2) is 0 Å². The van der Waals surface area contributed by atoms with Crippen LogP contribution in [-0.4, -0.2) is 47.1 Å². The number of anilines is 1. The molecule has 0 bridgehead atoms. The van der Waals surface area contributed by atoms with Crippen LogP contribution in [0.15, 0.2) is 18.2 Å². The molecule has 2 N–H and O–H groups in total. The number of nitro benzene ring substituents is 1. The molecule has 0 heterocycles. The average molecular weight is 281 g/mol. The SMILES string of the molecule is CN(C)C(C)(C)CNc1c(C(=O)O)cccc1[N+](=O)[O-]. The van der Waals surface area contributed by atoms with Crippen molar-refractivity contribution in [1.82, 2.24) is 4.90 Å². The smallest absolute Gasteiger partial charge is 0.338 e. The van der Waals surface area contributed by atoms with Crippen LogP contribution in [0.2, 0.25) is 0 Å². The minimum absolute atomic E-state index is 0.0416. The molecule has 7 heteroatoms. The number of benzene rings is 1. The lowest BCUT2D eigenvalue weighted by Crippen LogP contribution is -2.44. The van der Waals surface area contributed by atoms with E-state index in [2.05, 4.69) is 5.32 Å². The zero-order valence-corrected chi connectivity index (χ0v) is 12.0. The first kappa shape index (κ1) is 15.9. The number of para-hydroxylation sites is 1. The molecule has 0 saturated heterocycles. The maximum atomic E-state index is 11.2. The number of aromatic carboxylic acids is 1. The third-order valence-corrected chi connectivity index (χ3v) is 3.38. The van der Waals surface area contributed by atoms with Crippen LogP contribution in [-0.2, 0) is 0 Å². The monoisotopic (exact) mass is 281 g/mol. The standard InChI is InChI=1S/C13H19N3O4/c1-13(2,15(3)4)8-14-11-9(12(17)18)6-5-7-10(11)16(19)20/h5-7,14H,8H2,1-4H3,(H,17,18). The highest BCUT2D eigenvalue weighted by Gasteiger charge is 2.25. The molecule has 0 spiro atoms. The van der Waals surface area contributed by atoms with E-state index in [0.29, 0.717) is 6.54 Å². The Hall–Kier alpha value is -2.15. The molecule has 0 atom stereocenters. The normalized spacial score (nSPS) is 11.4. The summed E-state index contributed by atoms with van der Waals surface area (Å²) in [7, 11) is 3.78. The fourth-order valence-corrected chi connectivity index (χ4v) is 1.52. The molecule has 0 unspecified atom stereocenters. The van der Waals surface area contributed by atoms with E-state index >= 15 is 0 Å². The highest BCUT2D eigenvalue weighted by molar-refractivity contribution is 5.96. The molecule has 0 amide bonds. The quantitative estimate of drug-likeness (QED) is 0.612.